The van der Waals surface area contributed by atoms with Crippen LogP contribution in [0.3, 0.4) is 0 Å². The average molecular weight is 240 g/mol. The van der Waals surface area contributed by atoms with Gasteiger partial charge in [0, 0.05) is 18.8 Å². The summed E-state index contributed by atoms with van der Waals surface area (Å²) < 4.78 is 1.91. The lowest BCUT2D eigenvalue weighted by Gasteiger charge is -2.01. The number of fused-ring (bicyclic) bond motifs is 1. The van der Waals surface area contributed by atoms with E-state index in [0.717, 1.165) is 22.2 Å². The van der Waals surface area contributed by atoms with Gasteiger partial charge in [0.15, 0.2) is 0 Å². The van der Waals surface area contributed by atoms with Crippen LogP contribution in [0.2, 0.25) is 0 Å². The highest BCUT2D eigenvalue weighted by atomic mass is 16.3. The molecular formula is C13H12N4O. The van der Waals surface area contributed by atoms with Gasteiger partial charge in [0.2, 0.25) is 0 Å². The number of phenols is 1. The zero-order valence-corrected chi connectivity index (χ0v) is 9.83. The van der Waals surface area contributed by atoms with Crippen LogP contribution in [0.15, 0.2) is 36.8 Å². The summed E-state index contributed by atoms with van der Waals surface area (Å²) in [6.45, 7) is 0. The summed E-state index contributed by atoms with van der Waals surface area (Å²) in [5.41, 5.74) is 8.66. The molecule has 0 aliphatic rings. The fourth-order valence-electron chi connectivity index (χ4n) is 2.09. The molecule has 0 saturated carbocycles. The Morgan fingerprint density at radius 3 is 2.61 bits per heavy atom. The molecule has 3 N–H and O–H groups in total. The van der Waals surface area contributed by atoms with Crippen molar-refractivity contribution in [2.45, 2.75) is 0 Å². The van der Waals surface area contributed by atoms with E-state index in [1.165, 1.54) is 6.33 Å². The summed E-state index contributed by atoms with van der Waals surface area (Å²) in [6, 6.07) is 6.98. The van der Waals surface area contributed by atoms with Crippen LogP contribution in [-0.2, 0) is 7.05 Å². The summed E-state index contributed by atoms with van der Waals surface area (Å²) in [4.78, 5) is 8.26. The number of phenolic OH excluding ortho intramolecular Hbond substituents is 1. The molecule has 0 unspecified atom stereocenters. The van der Waals surface area contributed by atoms with Crippen molar-refractivity contribution in [1.82, 2.24) is 14.5 Å². The van der Waals surface area contributed by atoms with Crippen LogP contribution in [0.5, 0.6) is 5.75 Å². The summed E-state index contributed by atoms with van der Waals surface area (Å²) in [6.07, 6.45) is 3.42. The quantitative estimate of drug-likeness (QED) is 0.681. The number of nitrogens with two attached hydrogens (primary N) is 1. The Morgan fingerprint density at radius 1 is 1.17 bits per heavy atom. The fraction of sp³-hybridized carbons (Fsp3) is 0.0769. The van der Waals surface area contributed by atoms with Crippen LogP contribution in [0.25, 0.3) is 22.2 Å². The third-order valence-corrected chi connectivity index (χ3v) is 2.96. The number of benzene rings is 1. The van der Waals surface area contributed by atoms with Crippen molar-refractivity contribution in [3.8, 4) is 16.9 Å². The third-order valence-electron chi connectivity index (χ3n) is 2.96. The second-order valence-corrected chi connectivity index (χ2v) is 4.16. The fourth-order valence-corrected chi connectivity index (χ4v) is 2.09. The normalized spacial score (nSPS) is 10.9. The van der Waals surface area contributed by atoms with Crippen molar-refractivity contribution in [2.75, 3.05) is 5.73 Å². The predicted molar refractivity (Wildman–Crippen MR) is 70.0 cm³/mol. The highest BCUT2D eigenvalue weighted by Gasteiger charge is 2.12. The summed E-state index contributed by atoms with van der Waals surface area (Å²) in [7, 11) is 1.92. The molecule has 18 heavy (non-hydrogen) atoms. The number of aryl methyl sites for hydroxylation is 1. The first kappa shape index (κ1) is 10.6. The smallest absolute Gasteiger partial charge is 0.145 e. The molecule has 90 valence electrons. The maximum atomic E-state index is 9.32. The van der Waals surface area contributed by atoms with Crippen molar-refractivity contribution in [3.05, 3.63) is 36.8 Å². The van der Waals surface area contributed by atoms with E-state index < -0.39 is 0 Å². The van der Waals surface area contributed by atoms with E-state index in [2.05, 4.69) is 9.97 Å². The van der Waals surface area contributed by atoms with Crippen LogP contribution < -0.4 is 5.73 Å². The van der Waals surface area contributed by atoms with Crippen molar-refractivity contribution >= 4 is 16.9 Å². The van der Waals surface area contributed by atoms with Crippen LogP contribution in [0.4, 0.5) is 5.82 Å². The predicted octanol–water partition coefficient (Wildman–Crippen LogP) is 1.92. The van der Waals surface area contributed by atoms with Crippen molar-refractivity contribution in [3.63, 3.8) is 0 Å². The van der Waals surface area contributed by atoms with Crippen LogP contribution in [-0.4, -0.2) is 19.6 Å². The molecule has 3 rings (SSSR count). The number of nitrogen functional groups attached to an aromatic ring is 1. The van der Waals surface area contributed by atoms with Gasteiger partial charge in [-0.1, -0.05) is 12.1 Å². The van der Waals surface area contributed by atoms with Crippen LogP contribution in [0.1, 0.15) is 0 Å². The molecule has 1 aromatic carbocycles. The van der Waals surface area contributed by atoms with Gasteiger partial charge >= 0.3 is 0 Å². The Morgan fingerprint density at radius 2 is 1.89 bits per heavy atom. The van der Waals surface area contributed by atoms with Gasteiger partial charge in [0.05, 0.1) is 5.39 Å². The third kappa shape index (κ3) is 1.48. The van der Waals surface area contributed by atoms with E-state index in [1.807, 2.05) is 29.9 Å². The number of anilines is 1. The van der Waals surface area contributed by atoms with E-state index in [1.54, 1.807) is 12.1 Å². The zero-order chi connectivity index (χ0) is 12.7. The van der Waals surface area contributed by atoms with Crippen LogP contribution in [0, 0.1) is 0 Å². The first-order valence-corrected chi connectivity index (χ1v) is 5.51. The van der Waals surface area contributed by atoms with Crippen molar-refractivity contribution in [1.29, 1.82) is 0 Å². The first-order valence-electron chi connectivity index (χ1n) is 5.51. The van der Waals surface area contributed by atoms with Crippen molar-refractivity contribution < 1.29 is 5.11 Å². The maximum absolute atomic E-state index is 9.32. The molecule has 3 aromatic rings. The molecular weight excluding hydrogens is 228 g/mol. The molecule has 0 fully saturated rings. The van der Waals surface area contributed by atoms with Gasteiger partial charge < -0.3 is 15.4 Å². The summed E-state index contributed by atoms with van der Waals surface area (Å²) in [5.74, 6) is 0.701. The molecule has 0 atom stereocenters. The molecule has 5 heteroatoms. The first-order chi connectivity index (χ1) is 8.66. The minimum atomic E-state index is 0.239. The highest BCUT2D eigenvalue weighted by Crippen LogP contribution is 2.32. The molecule has 0 aliphatic heterocycles. The van der Waals surface area contributed by atoms with Crippen molar-refractivity contribution in [2.24, 2.45) is 7.05 Å². The lowest BCUT2D eigenvalue weighted by atomic mass is 10.1. The van der Waals surface area contributed by atoms with Gasteiger partial charge in [-0.05, 0) is 17.7 Å². The minimum absolute atomic E-state index is 0.239. The summed E-state index contributed by atoms with van der Waals surface area (Å²) in [5, 5.41) is 10.2. The lowest BCUT2D eigenvalue weighted by Crippen LogP contribution is -1.94. The average Bonchev–Trinajstić information content (AvgIpc) is 2.70. The molecule has 2 aromatic heterocycles. The van der Waals surface area contributed by atoms with Gasteiger partial charge in [-0.3, -0.25) is 0 Å². The van der Waals surface area contributed by atoms with E-state index in [4.69, 9.17) is 5.73 Å². The van der Waals surface area contributed by atoms with Gasteiger partial charge in [-0.2, -0.15) is 0 Å². The molecule has 2 heterocycles. The molecule has 0 amide bonds. The SMILES string of the molecule is Cn1cc(-c2ccc(O)cc2)c2c(N)ncnc21. The molecule has 0 bridgehead atoms. The Kier molecular flexibility index (Phi) is 2.19. The number of aromatic hydroxyl groups is 1. The number of nitrogens with zero attached hydrogens (tertiary/aromatic N) is 3. The van der Waals surface area contributed by atoms with Gasteiger partial charge in [-0.25, -0.2) is 9.97 Å². The lowest BCUT2D eigenvalue weighted by molar-refractivity contribution is 0.475. The molecule has 0 radical (unpaired) electrons. The Hall–Kier alpha value is -2.56. The Bertz CT molecular complexity index is 716. The maximum Gasteiger partial charge on any atom is 0.145 e. The number of aromatic nitrogens is 3. The zero-order valence-electron chi connectivity index (χ0n) is 9.83. The Balaban J connectivity index is 2.32. The topological polar surface area (TPSA) is 77.0 Å². The van der Waals surface area contributed by atoms with Gasteiger partial charge in [0.25, 0.3) is 0 Å². The Labute approximate surface area is 104 Å². The van der Waals surface area contributed by atoms with E-state index >= 15 is 0 Å². The highest BCUT2D eigenvalue weighted by molar-refractivity contribution is 6.00. The van der Waals surface area contributed by atoms with Gasteiger partial charge in [0.1, 0.15) is 23.5 Å². The molecule has 0 spiro atoms. The molecule has 0 aliphatic carbocycles. The van der Waals surface area contributed by atoms with E-state index in [-0.39, 0.29) is 5.75 Å². The number of hydrogen-bond donors (Lipinski definition) is 2. The number of hydrogen-bond acceptors (Lipinski definition) is 4. The van der Waals surface area contributed by atoms with Gasteiger partial charge in [-0.15, -0.1) is 0 Å². The molecule has 0 saturated heterocycles. The molecule has 5 nitrogen and oxygen atoms in total. The standard InChI is InChI=1S/C13H12N4O/c1-17-6-10(8-2-4-9(18)5-3-8)11-12(14)15-7-16-13(11)17/h2-7,18H,1H3,(H2,14,15,16). The number of rotatable bonds is 1. The monoisotopic (exact) mass is 240 g/mol. The second kappa shape index (κ2) is 3.73. The van der Waals surface area contributed by atoms with Crippen LogP contribution >= 0.6 is 0 Å². The largest absolute Gasteiger partial charge is 0.508 e. The summed E-state index contributed by atoms with van der Waals surface area (Å²) >= 11 is 0. The minimum Gasteiger partial charge on any atom is -0.508 e. The second-order valence-electron chi connectivity index (χ2n) is 4.16. The van der Waals surface area contributed by atoms with E-state index in [0.29, 0.717) is 5.82 Å². The van der Waals surface area contributed by atoms with E-state index in [9.17, 15) is 5.11 Å².